The zero-order valence-electron chi connectivity index (χ0n) is 9.41. The summed E-state index contributed by atoms with van der Waals surface area (Å²) in [6.07, 6.45) is 2.49. The summed E-state index contributed by atoms with van der Waals surface area (Å²) < 4.78 is 10.5. The number of rotatable bonds is 6. The van der Waals surface area contributed by atoms with Crippen molar-refractivity contribution in [2.24, 2.45) is 0 Å². The van der Waals surface area contributed by atoms with Gasteiger partial charge < -0.3 is 14.8 Å². The lowest BCUT2D eigenvalue weighted by Gasteiger charge is -2.12. The van der Waals surface area contributed by atoms with Crippen molar-refractivity contribution < 1.29 is 9.47 Å². The molecule has 15 heavy (non-hydrogen) atoms. The molecule has 0 atom stereocenters. The van der Waals surface area contributed by atoms with Crippen LogP contribution in [0.3, 0.4) is 0 Å². The van der Waals surface area contributed by atoms with E-state index in [1.807, 2.05) is 6.92 Å². The predicted octanol–water partition coefficient (Wildman–Crippen LogP) is 1.71. The lowest BCUT2D eigenvalue weighted by Crippen LogP contribution is -2.06. The van der Waals surface area contributed by atoms with Crippen molar-refractivity contribution >= 4 is 5.82 Å². The second kappa shape index (κ2) is 6.06. The molecule has 1 rings (SSSR count). The molecule has 0 aliphatic rings. The molecule has 0 fully saturated rings. The van der Waals surface area contributed by atoms with Gasteiger partial charge in [-0.3, -0.25) is 0 Å². The summed E-state index contributed by atoms with van der Waals surface area (Å²) in [7, 11) is 1.58. The standard InChI is InChI=1S/C10H17N3O2/c1-4-6-11-9-8(14-3)10(15-5-2)13-7-12-9/h7H,4-6H2,1-3H3,(H,11,12,13). The van der Waals surface area contributed by atoms with E-state index in [9.17, 15) is 0 Å². The molecule has 0 unspecified atom stereocenters. The van der Waals surface area contributed by atoms with Crippen LogP contribution < -0.4 is 14.8 Å². The molecular weight excluding hydrogens is 194 g/mol. The van der Waals surface area contributed by atoms with E-state index in [4.69, 9.17) is 9.47 Å². The maximum Gasteiger partial charge on any atom is 0.262 e. The summed E-state index contributed by atoms with van der Waals surface area (Å²) >= 11 is 0. The molecule has 1 heterocycles. The summed E-state index contributed by atoms with van der Waals surface area (Å²) in [6, 6.07) is 0. The summed E-state index contributed by atoms with van der Waals surface area (Å²) in [4.78, 5) is 8.11. The second-order valence-electron chi connectivity index (χ2n) is 2.92. The van der Waals surface area contributed by atoms with Gasteiger partial charge in [0, 0.05) is 6.54 Å². The highest BCUT2D eigenvalue weighted by molar-refractivity contribution is 5.54. The highest BCUT2D eigenvalue weighted by Gasteiger charge is 2.11. The highest BCUT2D eigenvalue weighted by Crippen LogP contribution is 2.30. The van der Waals surface area contributed by atoms with Crippen molar-refractivity contribution in [3.05, 3.63) is 6.33 Å². The number of hydrogen-bond donors (Lipinski definition) is 1. The van der Waals surface area contributed by atoms with E-state index in [2.05, 4.69) is 22.2 Å². The van der Waals surface area contributed by atoms with Crippen LogP contribution in [0.15, 0.2) is 6.33 Å². The minimum absolute atomic E-state index is 0.480. The highest BCUT2D eigenvalue weighted by atomic mass is 16.5. The molecule has 0 saturated carbocycles. The molecule has 1 aromatic rings. The Labute approximate surface area is 89.8 Å². The van der Waals surface area contributed by atoms with Crippen LogP contribution in [0.2, 0.25) is 0 Å². The topological polar surface area (TPSA) is 56.3 Å². The van der Waals surface area contributed by atoms with Gasteiger partial charge in [0.25, 0.3) is 5.88 Å². The number of ether oxygens (including phenoxy) is 2. The van der Waals surface area contributed by atoms with Crippen molar-refractivity contribution in [2.75, 3.05) is 25.6 Å². The van der Waals surface area contributed by atoms with Crippen molar-refractivity contribution in [1.29, 1.82) is 0 Å². The number of nitrogens with one attached hydrogen (secondary N) is 1. The number of hydrogen-bond acceptors (Lipinski definition) is 5. The minimum atomic E-state index is 0.480. The third-order valence-corrected chi connectivity index (χ3v) is 1.80. The van der Waals surface area contributed by atoms with Gasteiger partial charge >= 0.3 is 0 Å². The van der Waals surface area contributed by atoms with Gasteiger partial charge in [-0.25, -0.2) is 4.98 Å². The average molecular weight is 211 g/mol. The van der Waals surface area contributed by atoms with Crippen LogP contribution in [-0.2, 0) is 0 Å². The van der Waals surface area contributed by atoms with E-state index in [1.54, 1.807) is 7.11 Å². The third-order valence-electron chi connectivity index (χ3n) is 1.80. The van der Waals surface area contributed by atoms with E-state index in [1.165, 1.54) is 6.33 Å². The Kier molecular flexibility index (Phi) is 4.66. The smallest absolute Gasteiger partial charge is 0.262 e. The molecule has 84 valence electrons. The Morgan fingerprint density at radius 2 is 2.13 bits per heavy atom. The third kappa shape index (κ3) is 2.97. The summed E-state index contributed by atoms with van der Waals surface area (Å²) in [5.41, 5.74) is 0. The first kappa shape index (κ1) is 11.6. The monoisotopic (exact) mass is 211 g/mol. The molecule has 0 amide bonds. The van der Waals surface area contributed by atoms with Gasteiger partial charge in [0.2, 0.25) is 5.75 Å². The molecule has 5 heteroatoms. The van der Waals surface area contributed by atoms with Gasteiger partial charge in [0.1, 0.15) is 6.33 Å². The van der Waals surface area contributed by atoms with E-state index in [0.29, 0.717) is 24.1 Å². The molecule has 0 aromatic carbocycles. The molecule has 0 aliphatic heterocycles. The van der Waals surface area contributed by atoms with E-state index < -0.39 is 0 Å². The minimum Gasteiger partial charge on any atom is -0.489 e. The molecule has 0 bridgehead atoms. The van der Waals surface area contributed by atoms with Crippen LogP contribution in [0.4, 0.5) is 5.82 Å². The SMILES string of the molecule is CCCNc1ncnc(OCC)c1OC. The van der Waals surface area contributed by atoms with Crippen LogP contribution in [-0.4, -0.2) is 30.2 Å². The number of methoxy groups -OCH3 is 1. The Bertz CT molecular complexity index is 305. The first-order valence-electron chi connectivity index (χ1n) is 5.09. The first-order valence-corrected chi connectivity index (χ1v) is 5.09. The molecule has 0 radical (unpaired) electrons. The number of nitrogens with zero attached hydrogens (tertiary/aromatic N) is 2. The number of aromatic nitrogens is 2. The van der Waals surface area contributed by atoms with E-state index in [0.717, 1.165) is 13.0 Å². The zero-order valence-corrected chi connectivity index (χ0v) is 9.41. The molecule has 0 spiro atoms. The molecule has 5 nitrogen and oxygen atoms in total. The Morgan fingerprint density at radius 1 is 1.33 bits per heavy atom. The van der Waals surface area contributed by atoms with Gasteiger partial charge in [-0.15, -0.1) is 0 Å². The van der Waals surface area contributed by atoms with Gasteiger partial charge in [-0.1, -0.05) is 6.92 Å². The largest absolute Gasteiger partial charge is 0.489 e. The normalized spacial score (nSPS) is 9.80. The van der Waals surface area contributed by atoms with Crippen LogP contribution in [0, 0.1) is 0 Å². The fourth-order valence-electron chi connectivity index (χ4n) is 1.15. The second-order valence-corrected chi connectivity index (χ2v) is 2.92. The van der Waals surface area contributed by atoms with Gasteiger partial charge in [-0.05, 0) is 13.3 Å². The quantitative estimate of drug-likeness (QED) is 0.776. The van der Waals surface area contributed by atoms with Crippen LogP contribution in [0.1, 0.15) is 20.3 Å². The Balaban J connectivity index is 2.88. The fourth-order valence-corrected chi connectivity index (χ4v) is 1.15. The van der Waals surface area contributed by atoms with E-state index >= 15 is 0 Å². The summed E-state index contributed by atoms with van der Waals surface area (Å²) in [5.74, 6) is 1.72. The van der Waals surface area contributed by atoms with Crippen LogP contribution >= 0.6 is 0 Å². The number of anilines is 1. The lowest BCUT2D eigenvalue weighted by atomic mass is 10.4. The van der Waals surface area contributed by atoms with Crippen LogP contribution in [0.25, 0.3) is 0 Å². The first-order chi connectivity index (χ1) is 7.33. The van der Waals surface area contributed by atoms with Crippen molar-refractivity contribution in [1.82, 2.24) is 9.97 Å². The van der Waals surface area contributed by atoms with Gasteiger partial charge in [0.15, 0.2) is 5.82 Å². The average Bonchev–Trinajstić information content (AvgIpc) is 2.27. The molecule has 0 saturated heterocycles. The maximum atomic E-state index is 5.33. The Hall–Kier alpha value is -1.52. The van der Waals surface area contributed by atoms with E-state index in [-0.39, 0.29) is 0 Å². The van der Waals surface area contributed by atoms with Gasteiger partial charge in [-0.2, -0.15) is 4.98 Å². The van der Waals surface area contributed by atoms with Crippen molar-refractivity contribution in [3.8, 4) is 11.6 Å². The maximum absolute atomic E-state index is 5.33. The zero-order chi connectivity index (χ0) is 11.1. The molecular formula is C10H17N3O2. The molecule has 1 N–H and O–H groups in total. The predicted molar refractivity (Wildman–Crippen MR) is 58.5 cm³/mol. The summed E-state index contributed by atoms with van der Waals surface area (Å²) in [5, 5.41) is 3.16. The fraction of sp³-hybridized carbons (Fsp3) is 0.600. The Morgan fingerprint density at radius 3 is 2.73 bits per heavy atom. The molecule has 1 aromatic heterocycles. The van der Waals surface area contributed by atoms with Crippen molar-refractivity contribution in [3.63, 3.8) is 0 Å². The van der Waals surface area contributed by atoms with Gasteiger partial charge in [0.05, 0.1) is 13.7 Å². The lowest BCUT2D eigenvalue weighted by molar-refractivity contribution is 0.298. The summed E-state index contributed by atoms with van der Waals surface area (Å²) in [6.45, 7) is 5.39. The van der Waals surface area contributed by atoms with Crippen LogP contribution in [0.5, 0.6) is 11.6 Å². The van der Waals surface area contributed by atoms with Crippen molar-refractivity contribution in [2.45, 2.75) is 20.3 Å². The molecule has 0 aliphatic carbocycles.